The molecule has 1 N–H and O–H groups in total. The zero-order chi connectivity index (χ0) is 21.1. The smallest absolute Gasteiger partial charge is 0.340 e. The zero-order valence-corrected chi connectivity index (χ0v) is 18.0. The Kier molecular flexibility index (Phi) is 6.24. The third-order valence-corrected chi connectivity index (χ3v) is 5.70. The van der Waals surface area contributed by atoms with Crippen molar-refractivity contribution in [3.63, 3.8) is 0 Å². The van der Waals surface area contributed by atoms with E-state index >= 15 is 0 Å². The lowest BCUT2D eigenvalue weighted by molar-refractivity contribution is 0.0602. The van der Waals surface area contributed by atoms with Crippen molar-refractivity contribution in [1.82, 2.24) is 9.78 Å². The first kappa shape index (κ1) is 20.9. The molecule has 152 valence electrons. The van der Waals surface area contributed by atoms with Gasteiger partial charge in [-0.3, -0.25) is 4.79 Å². The highest BCUT2D eigenvalue weighted by Gasteiger charge is 2.19. The number of ether oxygens (including phenoxy) is 2. The molecule has 3 aromatic rings. The van der Waals surface area contributed by atoms with Crippen molar-refractivity contribution in [3.8, 4) is 5.75 Å². The highest BCUT2D eigenvalue weighted by atomic mass is 35.5. The van der Waals surface area contributed by atoms with Crippen LogP contribution in [0.5, 0.6) is 5.75 Å². The van der Waals surface area contributed by atoms with Gasteiger partial charge in [-0.25, -0.2) is 9.48 Å². The molecule has 2 aromatic heterocycles. The molecular formula is C20H20ClN3O4S. The van der Waals surface area contributed by atoms with Crippen LogP contribution in [0.1, 0.15) is 36.9 Å². The van der Waals surface area contributed by atoms with Gasteiger partial charge in [-0.2, -0.15) is 5.10 Å². The van der Waals surface area contributed by atoms with Crippen LogP contribution in [0.3, 0.4) is 0 Å². The Hall–Kier alpha value is -2.84. The second kappa shape index (κ2) is 8.67. The summed E-state index contributed by atoms with van der Waals surface area (Å²) in [6.45, 7) is 5.80. The monoisotopic (exact) mass is 433 g/mol. The predicted molar refractivity (Wildman–Crippen MR) is 112 cm³/mol. The summed E-state index contributed by atoms with van der Waals surface area (Å²) in [5, 5.41) is 8.09. The van der Waals surface area contributed by atoms with Crippen molar-refractivity contribution in [3.05, 3.63) is 62.7 Å². The van der Waals surface area contributed by atoms with Crippen molar-refractivity contribution in [1.29, 1.82) is 0 Å². The van der Waals surface area contributed by atoms with Gasteiger partial charge < -0.3 is 14.8 Å². The molecular weight excluding hydrogens is 414 g/mol. The van der Waals surface area contributed by atoms with Gasteiger partial charge in [-0.15, -0.1) is 11.3 Å². The van der Waals surface area contributed by atoms with Gasteiger partial charge in [0.2, 0.25) is 0 Å². The van der Waals surface area contributed by atoms with E-state index in [1.165, 1.54) is 23.1 Å². The standard InChI is InChI=1S/C20H20ClN3O4S/c1-11-7-14(8-12(2)17(11)21)28-10-24-6-5-16(23-24)18(25)22-19-15(20(26)27-4)9-13(3)29-19/h5-9H,10H2,1-4H3,(H,22,25). The van der Waals surface area contributed by atoms with Gasteiger partial charge in [0, 0.05) is 16.1 Å². The summed E-state index contributed by atoms with van der Waals surface area (Å²) in [5.74, 6) is -0.256. The molecule has 0 aliphatic heterocycles. The maximum Gasteiger partial charge on any atom is 0.340 e. The second-order valence-electron chi connectivity index (χ2n) is 6.43. The number of esters is 1. The molecule has 0 radical (unpaired) electrons. The van der Waals surface area contributed by atoms with Crippen LogP contribution >= 0.6 is 22.9 Å². The number of methoxy groups -OCH3 is 1. The highest BCUT2D eigenvalue weighted by Crippen LogP contribution is 2.29. The molecule has 3 rings (SSSR count). The van der Waals surface area contributed by atoms with Crippen LogP contribution in [0.25, 0.3) is 0 Å². The molecule has 29 heavy (non-hydrogen) atoms. The molecule has 0 spiro atoms. The van der Waals surface area contributed by atoms with Crippen LogP contribution in [0, 0.1) is 20.8 Å². The fourth-order valence-corrected chi connectivity index (χ4v) is 3.72. The maximum atomic E-state index is 12.5. The van der Waals surface area contributed by atoms with Crippen molar-refractivity contribution < 1.29 is 19.1 Å². The second-order valence-corrected chi connectivity index (χ2v) is 8.06. The van der Waals surface area contributed by atoms with Gasteiger partial charge in [0.1, 0.15) is 10.8 Å². The molecule has 1 amide bonds. The topological polar surface area (TPSA) is 82.5 Å². The lowest BCUT2D eigenvalue weighted by Crippen LogP contribution is -2.15. The summed E-state index contributed by atoms with van der Waals surface area (Å²) in [4.78, 5) is 25.2. The first-order chi connectivity index (χ1) is 13.8. The van der Waals surface area contributed by atoms with Gasteiger partial charge >= 0.3 is 5.97 Å². The van der Waals surface area contributed by atoms with Crippen LogP contribution < -0.4 is 10.1 Å². The number of rotatable bonds is 6. The van der Waals surface area contributed by atoms with E-state index in [2.05, 4.69) is 10.4 Å². The molecule has 0 aliphatic rings. The van der Waals surface area contributed by atoms with E-state index in [0.29, 0.717) is 21.3 Å². The first-order valence-corrected chi connectivity index (χ1v) is 9.91. The van der Waals surface area contributed by atoms with Crippen LogP contribution in [0.15, 0.2) is 30.5 Å². The number of aryl methyl sites for hydroxylation is 3. The maximum absolute atomic E-state index is 12.5. The number of hydrogen-bond donors (Lipinski definition) is 1. The van der Waals surface area contributed by atoms with E-state index in [0.717, 1.165) is 16.0 Å². The molecule has 2 heterocycles. The SMILES string of the molecule is COC(=O)c1cc(C)sc1NC(=O)c1ccn(COc2cc(C)c(Cl)c(C)c2)n1. The van der Waals surface area contributed by atoms with Crippen molar-refractivity contribution in [2.45, 2.75) is 27.5 Å². The third-order valence-electron chi connectivity index (χ3n) is 4.13. The minimum absolute atomic E-state index is 0.138. The number of nitrogens with one attached hydrogen (secondary N) is 1. The number of aromatic nitrogens is 2. The van der Waals surface area contributed by atoms with Gasteiger partial charge in [-0.1, -0.05) is 11.6 Å². The van der Waals surface area contributed by atoms with Gasteiger partial charge in [-0.05, 0) is 56.2 Å². The number of amides is 1. The number of carbonyl (C=O) groups excluding carboxylic acids is 2. The Morgan fingerprint density at radius 2 is 1.90 bits per heavy atom. The Bertz CT molecular complexity index is 1050. The number of carbonyl (C=O) groups is 2. The Labute approximate surface area is 177 Å². The predicted octanol–water partition coefficient (Wildman–Crippen LogP) is 4.60. The Morgan fingerprint density at radius 1 is 1.21 bits per heavy atom. The highest BCUT2D eigenvalue weighted by molar-refractivity contribution is 7.16. The molecule has 0 saturated carbocycles. The van der Waals surface area contributed by atoms with Crippen LogP contribution in [-0.2, 0) is 11.5 Å². The van der Waals surface area contributed by atoms with Crippen molar-refractivity contribution in [2.24, 2.45) is 0 Å². The average molecular weight is 434 g/mol. The fraction of sp³-hybridized carbons (Fsp3) is 0.250. The first-order valence-electron chi connectivity index (χ1n) is 8.71. The molecule has 1 aromatic carbocycles. The summed E-state index contributed by atoms with van der Waals surface area (Å²) in [5.41, 5.74) is 2.38. The number of benzene rings is 1. The van der Waals surface area contributed by atoms with Crippen molar-refractivity contribution in [2.75, 3.05) is 12.4 Å². The molecule has 0 aliphatic carbocycles. The number of halogens is 1. The molecule has 9 heteroatoms. The lowest BCUT2D eigenvalue weighted by Gasteiger charge is -2.10. The summed E-state index contributed by atoms with van der Waals surface area (Å²) in [6.07, 6.45) is 1.64. The van der Waals surface area contributed by atoms with Crippen LogP contribution in [0.2, 0.25) is 5.02 Å². The molecule has 0 bridgehead atoms. The van der Waals surface area contributed by atoms with E-state index < -0.39 is 11.9 Å². The summed E-state index contributed by atoms with van der Waals surface area (Å²) in [7, 11) is 1.30. The van der Waals surface area contributed by atoms with Crippen LogP contribution in [-0.4, -0.2) is 28.8 Å². The number of nitrogens with zero attached hydrogens (tertiary/aromatic N) is 2. The molecule has 0 saturated heterocycles. The molecule has 0 unspecified atom stereocenters. The Balaban J connectivity index is 1.67. The van der Waals surface area contributed by atoms with Gasteiger partial charge in [0.15, 0.2) is 12.4 Å². The van der Waals surface area contributed by atoms with E-state index in [1.807, 2.05) is 32.9 Å². The van der Waals surface area contributed by atoms with E-state index in [4.69, 9.17) is 21.1 Å². The minimum Gasteiger partial charge on any atom is -0.471 e. The summed E-state index contributed by atoms with van der Waals surface area (Å²) < 4.78 is 12.0. The van der Waals surface area contributed by atoms with Gasteiger partial charge in [0.25, 0.3) is 5.91 Å². The van der Waals surface area contributed by atoms with Crippen molar-refractivity contribution >= 4 is 39.8 Å². The zero-order valence-electron chi connectivity index (χ0n) is 16.4. The molecule has 7 nitrogen and oxygen atoms in total. The van der Waals surface area contributed by atoms with E-state index in [9.17, 15) is 9.59 Å². The normalized spacial score (nSPS) is 10.7. The fourth-order valence-electron chi connectivity index (χ4n) is 2.72. The van der Waals surface area contributed by atoms with Crippen LogP contribution in [0.4, 0.5) is 5.00 Å². The average Bonchev–Trinajstić information content (AvgIpc) is 3.30. The quantitative estimate of drug-likeness (QED) is 0.574. The number of thiophene rings is 1. The number of anilines is 1. The largest absolute Gasteiger partial charge is 0.471 e. The lowest BCUT2D eigenvalue weighted by atomic mass is 10.1. The number of hydrogen-bond acceptors (Lipinski definition) is 6. The van der Waals surface area contributed by atoms with Gasteiger partial charge in [0.05, 0.1) is 12.7 Å². The minimum atomic E-state index is -0.503. The summed E-state index contributed by atoms with van der Waals surface area (Å²) in [6, 6.07) is 6.95. The van der Waals surface area contributed by atoms with E-state index in [1.54, 1.807) is 18.3 Å². The molecule has 0 atom stereocenters. The summed E-state index contributed by atoms with van der Waals surface area (Å²) >= 11 is 7.46. The van der Waals surface area contributed by atoms with E-state index in [-0.39, 0.29) is 12.4 Å². The third kappa shape index (κ3) is 4.78. The Morgan fingerprint density at radius 3 is 2.55 bits per heavy atom. The molecule has 0 fully saturated rings.